The minimum absolute atomic E-state index is 0.0963. The van der Waals surface area contributed by atoms with Crippen molar-refractivity contribution in [3.8, 4) is 17.2 Å². The van der Waals surface area contributed by atoms with E-state index in [2.05, 4.69) is 26.8 Å². The van der Waals surface area contributed by atoms with E-state index in [0.717, 1.165) is 12.8 Å². The molecule has 0 amide bonds. The predicted octanol–water partition coefficient (Wildman–Crippen LogP) is 6.83. The number of rotatable bonds is 9. The van der Waals surface area contributed by atoms with Crippen molar-refractivity contribution in [2.24, 2.45) is 0 Å². The molecule has 1 aromatic heterocycles. The van der Waals surface area contributed by atoms with Crippen LogP contribution in [0, 0.1) is 0 Å². The number of ether oxygens (including phenoxy) is 3. The highest BCUT2D eigenvalue weighted by Gasteiger charge is 2.20. The van der Waals surface area contributed by atoms with Gasteiger partial charge in [0.2, 0.25) is 5.75 Å². The van der Waals surface area contributed by atoms with Crippen molar-refractivity contribution < 1.29 is 18.6 Å². The van der Waals surface area contributed by atoms with E-state index in [1.54, 1.807) is 6.07 Å². The second-order valence-corrected chi connectivity index (χ2v) is 9.27. The number of fused-ring (bicyclic) bond motifs is 1. The first-order chi connectivity index (χ1) is 14.5. The second kappa shape index (κ2) is 10.6. The Bertz CT molecular complexity index is 999. The highest BCUT2D eigenvalue weighted by atomic mass is 16.5. The lowest BCUT2D eigenvalue weighted by atomic mass is 10.1. The monoisotopic (exact) mass is 428 g/mol. The van der Waals surface area contributed by atoms with Gasteiger partial charge in [-0.25, -0.2) is 4.79 Å². The van der Waals surface area contributed by atoms with Gasteiger partial charge in [0.05, 0.1) is 11.5 Å². The summed E-state index contributed by atoms with van der Waals surface area (Å²) in [6.45, 7) is 16.2. The molecule has 0 aliphatic rings. The van der Waals surface area contributed by atoms with E-state index in [4.69, 9.17) is 18.6 Å². The fraction of sp³-hybridized carbons (Fsp3) is 0.500. The van der Waals surface area contributed by atoms with Gasteiger partial charge in [-0.2, -0.15) is 0 Å². The van der Waals surface area contributed by atoms with E-state index in [9.17, 15) is 4.79 Å². The lowest BCUT2D eigenvalue weighted by molar-refractivity contribution is 0.131. The van der Waals surface area contributed by atoms with Crippen molar-refractivity contribution in [3.63, 3.8) is 0 Å². The van der Waals surface area contributed by atoms with Crippen LogP contribution < -0.4 is 19.8 Å². The van der Waals surface area contributed by atoms with Gasteiger partial charge < -0.3 is 18.6 Å². The molecular weight excluding hydrogens is 392 g/mol. The molecule has 0 unspecified atom stereocenters. The summed E-state index contributed by atoms with van der Waals surface area (Å²) in [5, 5.41) is 0.675. The molecule has 1 heterocycles. The average molecular weight is 429 g/mol. The summed E-state index contributed by atoms with van der Waals surface area (Å²) in [5.74, 6) is 1.13. The molecule has 0 aliphatic heterocycles. The molecule has 0 bridgehead atoms. The molecule has 2 aromatic rings. The summed E-state index contributed by atoms with van der Waals surface area (Å²) < 4.78 is 23.2. The Morgan fingerprint density at radius 1 is 1.10 bits per heavy atom. The van der Waals surface area contributed by atoms with E-state index in [-0.39, 0.29) is 24.1 Å². The zero-order valence-electron chi connectivity index (χ0n) is 20.1. The molecule has 0 N–H and O–H groups in total. The van der Waals surface area contributed by atoms with Crippen LogP contribution in [0.3, 0.4) is 0 Å². The molecule has 0 saturated heterocycles. The number of allylic oxidation sites excluding steroid dienone is 3. The summed E-state index contributed by atoms with van der Waals surface area (Å²) in [5.41, 5.74) is 2.00. The highest BCUT2D eigenvalue weighted by molar-refractivity contribution is 5.86. The Kier molecular flexibility index (Phi) is 8.37. The Morgan fingerprint density at radius 3 is 2.42 bits per heavy atom. The Labute approximate surface area is 185 Å². The van der Waals surface area contributed by atoms with E-state index >= 15 is 0 Å². The van der Waals surface area contributed by atoms with Gasteiger partial charge in [-0.15, -0.1) is 0 Å². The number of benzene rings is 1. The third-order valence-electron chi connectivity index (χ3n) is 4.32. The van der Waals surface area contributed by atoms with Gasteiger partial charge in [0, 0.05) is 6.07 Å². The van der Waals surface area contributed by atoms with Gasteiger partial charge in [0.15, 0.2) is 5.75 Å². The van der Waals surface area contributed by atoms with Gasteiger partial charge >= 0.3 is 5.63 Å². The lowest BCUT2D eigenvalue weighted by Crippen LogP contribution is -2.22. The summed E-state index contributed by atoms with van der Waals surface area (Å²) in [6, 6.07) is 5.40. The van der Waals surface area contributed by atoms with Gasteiger partial charge in [-0.3, -0.25) is 0 Å². The van der Waals surface area contributed by atoms with Crippen molar-refractivity contribution in [1.29, 1.82) is 0 Å². The van der Waals surface area contributed by atoms with Crippen molar-refractivity contribution >= 4 is 11.0 Å². The maximum absolute atomic E-state index is 12.7. The summed E-state index contributed by atoms with van der Waals surface area (Å²) in [7, 11) is 0. The topological polar surface area (TPSA) is 57.9 Å². The van der Waals surface area contributed by atoms with Crippen LogP contribution >= 0.6 is 0 Å². The SMILES string of the molecule is CC(C)=CCCC(C)=CCOc1c(OC(C)C)c2ccc(OC(C)(C)C)cc2oc1=O. The Balaban J connectivity index is 2.32. The molecule has 0 radical (unpaired) electrons. The predicted molar refractivity (Wildman–Crippen MR) is 127 cm³/mol. The second-order valence-electron chi connectivity index (χ2n) is 9.27. The maximum Gasteiger partial charge on any atom is 0.383 e. The van der Waals surface area contributed by atoms with Crippen molar-refractivity contribution in [2.75, 3.05) is 6.61 Å². The lowest BCUT2D eigenvalue weighted by Gasteiger charge is -2.21. The molecular formula is C26H36O5. The highest BCUT2D eigenvalue weighted by Crippen LogP contribution is 2.36. The fourth-order valence-corrected chi connectivity index (χ4v) is 2.99. The van der Waals surface area contributed by atoms with Crippen LogP contribution in [-0.2, 0) is 0 Å². The van der Waals surface area contributed by atoms with Crippen LogP contribution in [0.5, 0.6) is 17.2 Å². The quantitative estimate of drug-likeness (QED) is 0.324. The third kappa shape index (κ3) is 7.82. The largest absolute Gasteiger partial charge is 0.488 e. The van der Waals surface area contributed by atoms with E-state index in [1.807, 2.05) is 52.8 Å². The number of hydrogen-bond donors (Lipinski definition) is 0. The standard InChI is InChI=1S/C26H36O5/c1-17(2)10-9-11-19(5)14-15-28-24-23(29-18(3)4)21-13-12-20(31-26(6,7)8)16-22(21)30-25(24)27/h10,12-14,16,18H,9,11,15H2,1-8H3. The Hall–Kier alpha value is -2.69. The van der Waals surface area contributed by atoms with Crippen LogP contribution in [-0.4, -0.2) is 18.3 Å². The minimum Gasteiger partial charge on any atom is -0.488 e. The summed E-state index contributed by atoms with van der Waals surface area (Å²) in [4.78, 5) is 12.7. The molecule has 2 rings (SSSR count). The van der Waals surface area contributed by atoms with Crippen LogP contribution in [0.2, 0.25) is 0 Å². The molecule has 0 spiro atoms. The maximum atomic E-state index is 12.7. The molecule has 0 saturated carbocycles. The van der Waals surface area contributed by atoms with Crippen molar-refractivity contribution in [2.45, 2.75) is 79.9 Å². The first-order valence-electron chi connectivity index (χ1n) is 10.8. The number of hydrogen-bond acceptors (Lipinski definition) is 5. The first-order valence-corrected chi connectivity index (χ1v) is 10.8. The first kappa shape index (κ1) is 24.6. The molecule has 31 heavy (non-hydrogen) atoms. The van der Waals surface area contributed by atoms with Crippen LogP contribution in [0.25, 0.3) is 11.0 Å². The van der Waals surface area contributed by atoms with Crippen LogP contribution in [0.15, 0.2) is 50.7 Å². The average Bonchev–Trinajstić information content (AvgIpc) is 2.61. The smallest absolute Gasteiger partial charge is 0.383 e. The van der Waals surface area contributed by atoms with Crippen molar-refractivity contribution in [3.05, 3.63) is 51.9 Å². The molecule has 0 fully saturated rings. The van der Waals surface area contributed by atoms with E-state index < -0.39 is 5.63 Å². The minimum atomic E-state index is -0.563. The summed E-state index contributed by atoms with van der Waals surface area (Å²) in [6.07, 6.45) is 6.01. The molecule has 5 nitrogen and oxygen atoms in total. The van der Waals surface area contributed by atoms with E-state index in [1.165, 1.54) is 11.1 Å². The van der Waals surface area contributed by atoms with Gasteiger partial charge in [0.25, 0.3) is 0 Å². The zero-order chi connectivity index (χ0) is 23.2. The molecule has 170 valence electrons. The van der Waals surface area contributed by atoms with E-state index in [0.29, 0.717) is 22.5 Å². The van der Waals surface area contributed by atoms with Crippen LogP contribution in [0.4, 0.5) is 0 Å². The molecule has 5 heteroatoms. The molecule has 0 aliphatic carbocycles. The van der Waals surface area contributed by atoms with Gasteiger partial charge in [-0.1, -0.05) is 17.2 Å². The molecule has 0 atom stereocenters. The molecule has 1 aromatic carbocycles. The normalized spacial score (nSPS) is 12.2. The van der Waals surface area contributed by atoms with Crippen molar-refractivity contribution in [1.82, 2.24) is 0 Å². The third-order valence-corrected chi connectivity index (χ3v) is 4.32. The summed E-state index contributed by atoms with van der Waals surface area (Å²) >= 11 is 0. The zero-order valence-corrected chi connectivity index (χ0v) is 20.1. The van der Waals surface area contributed by atoms with Gasteiger partial charge in [0.1, 0.15) is 23.5 Å². The fourth-order valence-electron chi connectivity index (χ4n) is 2.99. The van der Waals surface area contributed by atoms with Crippen LogP contribution in [0.1, 0.15) is 68.2 Å². The Morgan fingerprint density at radius 2 is 1.81 bits per heavy atom. The van der Waals surface area contributed by atoms with Gasteiger partial charge in [-0.05, 0) is 86.4 Å².